The van der Waals surface area contributed by atoms with Crippen LogP contribution in [0.3, 0.4) is 0 Å². The van der Waals surface area contributed by atoms with Gasteiger partial charge in [0.1, 0.15) is 6.61 Å². The molecule has 0 bridgehead atoms. The maximum Gasteiger partial charge on any atom is 1.00 e. The molecule has 0 aliphatic rings. The number of unbranched alkanes of at least 4 members (excludes halogenated alkanes) is 2. The van der Waals surface area contributed by atoms with Gasteiger partial charge in [0.05, 0.1) is 6.04 Å². The first-order valence-electron chi connectivity index (χ1n) is 13.8. The first-order chi connectivity index (χ1) is 19.5. The van der Waals surface area contributed by atoms with E-state index in [1.54, 1.807) is 0 Å². The van der Waals surface area contributed by atoms with Gasteiger partial charge >= 0.3 is 35.7 Å². The van der Waals surface area contributed by atoms with E-state index in [2.05, 4.69) is 40.2 Å². The Hall–Kier alpha value is -3.17. The number of nitrogens with one attached hydrogen (secondary N) is 3. The molecule has 0 heterocycles. The Morgan fingerprint density at radius 1 is 0.707 bits per heavy atom. The molecule has 0 aliphatic heterocycles. The third-order valence-corrected chi connectivity index (χ3v) is 6.44. The minimum absolute atomic E-state index is 0. The van der Waals surface area contributed by atoms with E-state index in [9.17, 15) is 19.5 Å². The summed E-state index contributed by atoms with van der Waals surface area (Å²) in [7, 11) is 0. The summed E-state index contributed by atoms with van der Waals surface area (Å²) in [6.45, 7) is 1.57. The van der Waals surface area contributed by atoms with Gasteiger partial charge in [0.2, 0.25) is 5.91 Å². The Balaban J connectivity index is 0.00000588. The molecule has 41 heavy (non-hydrogen) atoms. The maximum absolute atomic E-state index is 12.9. The number of benzene rings is 3. The fourth-order valence-electron chi connectivity index (χ4n) is 4.19. The first-order valence-corrected chi connectivity index (χ1v) is 13.8. The maximum atomic E-state index is 12.9. The molecule has 9 heteroatoms. The van der Waals surface area contributed by atoms with Crippen LogP contribution in [0.4, 0.5) is 4.79 Å². The van der Waals surface area contributed by atoms with Crippen LogP contribution in [-0.4, -0.2) is 37.1 Å². The number of carbonyl (C=O) groups excluding carboxylic acids is 3. The van der Waals surface area contributed by atoms with Gasteiger partial charge in [-0.15, -0.1) is 0 Å². The van der Waals surface area contributed by atoms with Crippen LogP contribution in [0, 0.1) is 0 Å². The van der Waals surface area contributed by atoms with Crippen molar-refractivity contribution in [3.05, 3.63) is 96.1 Å². The van der Waals surface area contributed by atoms with Crippen molar-refractivity contribution in [1.82, 2.24) is 16.0 Å². The van der Waals surface area contributed by atoms with Crippen molar-refractivity contribution < 1.29 is 53.8 Å². The van der Waals surface area contributed by atoms with Crippen molar-refractivity contribution in [3.63, 3.8) is 0 Å². The molecule has 0 fully saturated rings. The predicted molar refractivity (Wildman–Crippen MR) is 153 cm³/mol. The summed E-state index contributed by atoms with van der Waals surface area (Å²) in [4.78, 5) is 35.5. The van der Waals surface area contributed by atoms with Gasteiger partial charge in [-0.25, -0.2) is 4.79 Å². The molecule has 3 aromatic carbocycles. The second-order valence-electron chi connectivity index (χ2n) is 9.60. The average Bonchev–Trinajstić information content (AvgIpc) is 2.98. The monoisotopic (exact) mass is 567 g/mol. The Bertz CT molecular complexity index is 1180. The molecular weight excluding hydrogens is 529 g/mol. The van der Waals surface area contributed by atoms with E-state index in [-0.39, 0.29) is 48.5 Å². The zero-order chi connectivity index (χ0) is 28.4. The van der Waals surface area contributed by atoms with Gasteiger partial charge in [0.25, 0.3) is 0 Å². The summed E-state index contributed by atoms with van der Waals surface area (Å²) in [6, 6.07) is 27.4. The average molecular weight is 568 g/mol. The molecule has 0 saturated carbocycles. The van der Waals surface area contributed by atoms with Gasteiger partial charge in [-0.1, -0.05) is 91.3 Å². The van der Waals surface area contributed by atoms with Crippen LogP contribution < -0.4 is 50.6 Å². The van der Waals surface area contributed by atoms with Crippen molar-refractivity contribution in [3.8, 4) is 11.1 Å². The van der Waals surface area contributed by atoms with Crippen LogP contribution in [-0.2, 0) is 27.5 Å². The number of hydrogen-bond acceptors (Lipinski definition) is 6. The smallest absolute Gasteiger partial charge is 0.550 e. The third-order valence-electron chi connectivity index (χ3n) is 6.44. The zero-order valence-electron chi connectivity index (χ0n) is 23.8. The van der Waals surface area contributed by atoms with E-state index in [4.69, 9.17) is 4.74 Å². The van der Waals surface area contributed by atoms with Crippen molar-refractivity contribution >= 4 is 18.0 Å². The van der Waals surface area contributed by atoms with Crippen molar-refractivity contribution in [2.45, 2.75) is 57.7 Å². The summed E-state index contributed by atoms with van der Waals surface area (Å²) in [6.07, 6.45) is 2.58. The largest absolute Gasteiger partial charge is 1.00 e. The van der Waals surface area contributed by atoms with Crippen molar-refractivity contribution in [2.24, 2.45) is 0 Å². The van der Waals surface area contributed by atoms with E-state index < -0.39 is 18.1 Å². The quantitative estimate of drug-likeness (QED) is 0.165. The van der Waals surface area contributed by atoms with Gasteiger partial charge in [-0.3, -0.25) is 4.79 Å². The van der Waals surface area contributed by atoms with Gasteiger partial charge in [-0.05, 0) is 54.4 Å². The molecule has 3 N–H and O–H groups in total. The molecule has 0 aliphatic carbocycles. The Labute approximate surface area is 264 Å². The topological polar surface area (TPSA) is 120 Å². The van der Waals surface area contributed by atoms with E-state index in [0.29, 0.717) is 51.7 Å². The van der Waals surface area contributed by atoms with Crippen LogP contribution >= 0.6 is 0 Å². The minimum Gasteiger partial charge on any atom is -0.550 e. The van der Waals surface area contributed by atoms with Crippen LogP contribution in [0.1, 0.15) is 49.7 Å². The summed E-state index contributed by atoms with van der Waals surface area (Å²) in [5.41, 5.74) is 4.24. The number of carboxylic acids is 1. The number of amides is 2. The SMILES string of the molecule is O=C([O-])CCCCCNC(=O)[C@H](CCCNC(=O)OCc1ccccc1)NCc1ccc(-c2ccccc2)cc1.[Na+]. The number of aliphatic carboxylic acids is 1. The van der Waals surface area contributed by atoms with Gasteiger partial charge in [0, 0.05) is 25.6 Å². The number of ether oxygens (including phenoxy) is 1. The Morgan fingerprint density at radius 3 is 2.02 bits per heavy atom. The van der Waals surface area contributed by atoms with Gasteiger partial charge in [0.15, 0.2) is 0 Å². The second kappa shape index (κ2) is 19.8. The van der Waals surface area contributed by atoms with Crippen LogP contribution in [0.25, 0.3) is 11.1 Å². The molecule has 0 aromatic heterocycles. The molecule has 8 nitrogen and oxygen atoms in total. The molecule has 212 valence electrons. The number of hydrogen-bond donors (Lipinski definition) is 3. The predicted octanol–water partition coefficient (Wildman–Crippen LogP) is 0.949. The summed E-state index contributed by atoms with van der Waals surface area (Å²) in [5, 5.41) is 19.6. The molecule has 0 spiro atoms. The van der Waals surface area contributed by atoms with Crippen LogP contribution in [0.5, 0.6) is 0 Å². The molecule has 3 rings (SSSR count). The molecule has 1 atom stereocenters. The van der Waals surface area contributed by atoms with E-state index >= 15 is 0 Å². The number of alkyl carbamates (subject to hydrolysis) is 1. The molecular formula is C32H38N3NaO5. The first kappa shape index (κ1) is 34.0. The Morgan fingerprint density at radius 2 is 1.34 bits per heavy atom. The van der Waals surface area contributed by atoms with Crippen molar-refractivity contribution in [1.29, 1.82) is 0 Å². The molecule has 3 aromatic rings. The van der Waals surface area contributed by atoms with Crippen molar-refractivity contribution in [2.75, 3.05) is 13.1 Å². The van der Waals surface area contributed by atoms with Crippen LogP contribution in [0.15, 0.2) is 84.9 Å². The minimum atomic E-state index is -1.05. The molecule has 0 saturated heterocycles. The summed E-state index contributed by atoms with van der Waals surface area (Å²) < 4.78 is 5.24. The molecule has 2 amide bonds. The van der Waals surface area contributed by atoms with E-state index in [0.717, 1.165) is 22.3 Å². The standard InChI is InChI=1S/C32H39N3O5.Na/c36-30(37)16-8-3-9-21-33-31(38)29(15-10-22-34-32(39)40-24-26-11-4-1-5-12-26)35-23-25-17-19-28(20-18-25)27-13-6-2-7-14-27;/h1-2,4-7,11-14,17-20,29,35H,3,8-10,15-16,21-24H2,(H,33,38)(H,34,39)(H,36,37);/q;+1/p-1/t29-;/m0./s1. The van der Waals surface area contributed by atoms with E-state index in [1.807, 2.05) is 60.7 Å². The summed E-state index contributed by atoms with van der Waals surface area (Å²) in [5.74, 6) is -1.17. The van der Waals surface area contributed by atoms with Gasteiger partial charge in [-0.2, -0.15) is 0 Å². The third kappa shape index (κ3) is 13.8. The van der Waals surface area contributed by atoms with Gasteiger partial charge < -0.3 is 30.6 Å². The van der Waals surface area contributed by atoms with E-state index in [1.165, 1.54) is 0 Å². The normalized spacial score (nSPS) is 11.1. The second-order valence-corrected chi connectivity index (χ2v) is 9.60. The fraction of sp³-hybridized carbons (Fsp3) is 0.344. The zero-order valence-corrected chi connectivity index (χ0v) is 25.8. The Kier molecular flexibility index (Phi) is 16.5. The summed E-state index contributed by atoms with van der Waals surface area (Å²) >= 11 is 0. The number of rotatable bonds is 17. The number of carbonyl (C=O) groups is 3. The van der Waals surface area contributed by atoms with Crippen LogP contribution in [0.2, 0.25) is 0 Å². The molecule has 0 unspecified atom stereocenters. The molecule has 0 radical (unpaired) electrons. The number of carboxylic acid groups (broad SMARTS) is 1. The fourth-order valence-corrected chi connectivity index (χ4v) is 4.19.